The molecule has 2 aromatic heterocycles. The molecular weight excluding hydrogens is 216 g/mol. The highest BCUT2D eigenvalue weighted by molar-refractivity contribution is 5.92. The smallest absolute Gasteiger partial charge is 0.290 e. The van der Waals surface area contributed by atoms with Crippen LogP contribution in [0.25, 0.3) is 15.7 Å². The Hall–Kier alpha value is -2.09. The zero-order valence-corrected chi connectivity index (χ0v) is 10.4. The van der Waals surface area contributed by atoms with Gasteiger partial charge in [0.05, 0.1) is 12.1 Å². The Bertz CT molecular complexity index is 679. The van der Waals surface area contributed by atoms with Crippen LogP contribution in [0, 0.1) is 6.57 Å². The van der Waals surface area contributed by atoms with Gasteiger partial charge >= 0.3 is 0 Å². The van der Waals surface area contributed by atoms with Crippen LogP contribution < -0.4 is 5.56 Å². The van der Waals surface area contributed by atoms with Crippen molar-refractivity contribution >= 4 is 16.6 Å². The van der Waals surface area contributed by atoms with Gasteiger partial charge in [-0.15, -0.1) is 0 Å². The van der Waals surface area contributed by atoms with E-state index in [1.54, 1.807) is 24.0 Å². The highest BCUT2D eigenvalue weighted by Crippen LogP contribution is 2.25. The van der Waals surface area contributed by atoms with Gasteiger partial charge in [0.15, 0.2) is 0 Å². The molecule has 0 aromatic carbocycles. The van der Waals surface area contributed by atoms with E-state index in [9.17, 15) is 4.79 Å². The Morgan fingerprint density at radius 3 is 2.59 bits per heavy atom. The Morgan fingerprint density at radius 2 is 2.06 bits per heavy atom. The first kappa shape index (κ1) is 11.4. The number of hydrogen-bond acceptors (Lipinski definition) is 2. The lowest BCUT2D eigenvalue weighted by atomic mass is 10.1. The van der Waals surface area contributed by atoms with Crippen molar-refractivity contribution in [2.24, 2.45) is 7.05 Å². The molecule has 0 aliphatic carbocycles. The summed E-state index contributed by atoms with van der Waals surface area (Å²) in [6.45, 7) is 12.8. The van der Waals surface area contributed by atoms with Gasteiger partial charge in [0, 0.05) is 24.8 Å². The third-order valence-corrected chi connectivity index (χ3v) is 2.65. The Kier molecular flexibility index (Phi) is 2.32. The molecule has 0 N–H and O–H groups in total. The number of fused-ring (bicyclic) bond motifs is 1. The lowest BCUT2D eigenvalue weighted by molar-refractivity contribution is 0.340. The SMILES string of the molecule is [C-]#[N+]c1cn(C)c2c(=O)n(C(C)(C)C)ncc12. The Labute approximate surface area is 99.1 Å². The minimum absolute atomic E-state index is 0.160. The standard InChI is InChI=1S/C12H14N4O/c1-12(2,3)16-11(17)10-8(6-14-16)9(13-4)7-15(10)5/h6-7H,1-3,5H3. The predicted octanol–water partition coefficient (Wildman–Crippen LogP) is 2.04. The Balaban J connectivity index is 2.92. The third-order valence-electron chi connectivity index (χ3n) is 2.65. The minimum atomic E-state index is -0.367. The van der Waals surface area contributed by atoms with Crippen LogP contribution in [0.4, 0.5) is 5.69 Å². The first-order valence-corrected chi connectivity index (χ1v) is 5.31. The van der Waals surface area contributed by atoms with E-state index in [-0.39, 0.29) is 11.1 Å². The van der Waals surface area contributed by atoms with Gasteiger partial charge in [0.1, 0.15) is 5.52 Å². The molecule has 0 atom stereocenters. The summed E-state index contributed by atoms with van der Waals surface area (Å²) < 4.78 is 3.14. The van der Waals surface area contributed by atoms with Crippen molar-refractivity contribution in [1.29, 1.82) is 0 Å². The molecule has 0 saturated heterocycles. The molecule has 0 saturated carbocycles. The Morgan fingerprint density at radius 1 is 1.41 bits per heavy atom. The lowest BCUT2D eigenvalue weighted by Crippen LogP contribution is -2.36. The summed E-state index contributed by atoms with van der Waals surface area (Å²) in [5.41, 5.74) is 0.467. The molecule has 0 unspecified atom stereocenters. The molecule has 2 heterocycles. The second-order valence-corrected chi connectivity index (χ2v) is 5.03. The molecule has 88 valence electrons. The highest BCUT2D eigenvalue weighted by Gasteiger charge is 2.19. The van der Waals surface area contributed by atoms with Gasteiger partial charge < -0.3 is 4.57 Å². The van der Waals surface area contributed by atoms with Crippen molar-refractivity contribution in [3.05, 3.63) is 34.2 Å². The first-order valence-electron chi connectivity index (χ1n) is 5.31. The van der Waals surface area contributed by atoms with Gasteiger partial charge in [-0.3, -0.25) is 4.79 Å². The maximum atomic E-state index is 12.3. The molecule has 0 spiro atoms. The topological polar surface area (TPSA) is 44.2 Å². The molecule has 0 aliphatic rings. The van der Waals surface area contributed by atoms with E-state index in [1.807, 2.05) is 20.8 Å². The van der Waals surface area contributed by atoms with Crippen LogP contribution in [0.3, 0.4) is 0 Å². The monoisotopic (exact) mass is 230 g/mol. The fourth-order valence-corrected chi connectivity index (χ4v) is 1.86. The fraction of sp³-hybridized carbons (Fsp3) is 0.417. The molecule has 2 aromatic rings. The quantitative estimate of drug-likeness (QED) is 0.650. The molecule has 17 heavy (non-hydrogen) atoms. The van der Waals surface area contributed by atoms with Gasteiger partial charge in [0.2, 0.25) is 5.69 Å². The van der Waals surface area contributed by atoms with Gasteiger partial charge in [-0.25, -0.2) is 9.53 Å². The number of rotatable bonds is 0. The van der Waals surface area contributed by atoms with E-state index in [0.717, 1.165) is 0 Å². The third kappa shape index (κ3) is 1.62. The van der Waals surface area contributed by atoms with E-state index < -0.39 is 0 Å². The largest absolute Gasteiger partial charge is 0.357 e. The average Bonchev–Trinajstić information content (AvgIpc) is 2.54. The summed E-state index contributed by atoms with van der Waals surface area (Å²) in [4.78, 5) is 15.7. The summed E-state index contributed by atoms with van der Waals surface area (Å²) in [6.07, 6.45) is 3.25. The summed E-state index contributed by atoms with van der Waals surface area (Å²) in [7, 11) is 1.77. The van der Waals surface area contributed by atoms with Crippen LogP contribution in [0.1, 0.15) is 20.8 Å². The minimum Gasteiger partial charge on any atom is -0.357 e. The van der Waals surface area contributed by atoms with Crippen molar-refractivity contribution < 1.29 is 0 Å². The van der Waals surface area contributed by atoms with Crippen molar-refractivity contribution in [3.8, 4) is 0 Å². The van der Waals surface area contributed by atoms with Gasteiger partial charge in [0.25, 0.3) is 5.56 Å². The van der Waals surface area contributed by atoms with Crippen molar-refractivity contribution in [2.45, 2.75) is 26.3 Å². The zero-order valence-electron chi connectivity index (χ0n) is 10.4. The van der Waals surface area contributed by atoms with E-state index in [0.29, 0.717) is 16.6 Å². The van der Waals surface area contributed by atoms with Crippen molar-refractivity contribution in [3.63, 3.8) is 0 Å². The molecular formula is C12H14N4O. The molecule has 2 rings (SSSR count). The van der Waals surface area contributed by atoms with Crippen molar-refractivity contribution in [1.82, 2.24) is 14.3 Å². The van der Waals surface area contributed by atoms with E-state index in [1.165, 1.54) is 4.68 Å². The number of nitrogens with zero attached hydrogens (tertiary/aromatic N) is 4. The fourth-order valence-electron chi connectivity index (χ4n) is 1.86. The number of aryl methyl sites for hydroxylation is 1. The average molecular weight is 230 g/mol. The zero-order chi connectivity index (χ0) is 12.8. The van der Waals surface area contributed by atoms with Crippen LogP contribution in [0.2, 0.25) is 0 Å². The lowest BCUT2D eigenvalue weighted by Gasteiger charge is -2.20. The van der Waals surface area contributed by atoms with E-state index in [4.69, 9.17) is 6.57 Å². The first-order chi connectivity index (χ1) is 7.86. The second kappa shape index (κ2) is 3.45. The number of aromatic nitrogens is 3. The summed E-state index contributed by atoms with van der Waals surface area (Å²) in [5.74, 6) is 0. The summed E-state index contributed by atoms with van der Waals surface area (Å²) in [5, 5.41) is 4.77. The molecule has 0 amide bonds. The van der Waals surface area contributed by atoms with Crippen LogP contribution in [0.15, 0.2) is 17.2 Å². The van der Waals surface area contributed by atoms with Crippen LogP contribution in [0.5, 0.6) is 0 Å². The maximum absolute atomic E-state index is 12.3. The molecule has 0 aliphatic heterocycles. The van der Waals surface area contributed by atoms with E-state index >= 15 is 0 Å². The van der Waals surface area contributed by atoms with Gasteiger partial charge in [-0.05, 0) is 20.8 Å². The molecule has 5 heteroatoms. The summed E-state index contributed by atoms with van der Waals surface area (Å²) >= 11 is 0. The molecule has 0 radical (unpaired) electrons. The second-order valence-electron chi connectivity index (χ2n) is 5.03. The molecule has 0 bridgehead atoms. The predicted molar refractivity (Wildman–Crippen MR) is 66.2 cm³/mol. The van der Waals surface area contributed by atoms with Crippen LogP contribution in [-0.2, 0) is 12.6 Å². The van der Waals surface area contributed by atoms with Gasteiger partial charge in [-0.1, -0.05) is 0 Å². The van der Waals surface area contributed by atoms with Crippen molar-refractivity contribution in [2.75, 3.05) is 0 Å². The summed E-state index contributed by atoms with van der Waals surface area (Å²) in [6, 6.07) is 0. The molecule has 0 fully saturated rings. The van der Waals surface area contributed by atoms with Crippen LogP contribution >= 0.6 is 0 Å². The van der Waals surface area contributed by atoms with E-state index in [2.05, 4.69) is 9.94 Å². The normalized spacial score (nSPS) is 11.7. The molecule has 5 nitrogen and oxygen atoms in total. The highest BCUT2D eigenvalue weighted by atomic mass is 16.1. The maximum Gasteiger partial charge on any atom is 0.290 e. The van der Waals surface area contributed by atoms with Gasteiger partial charge in [-0.2, -0.15) is 5.10 Å². The van der Waals surface area contributed by atoms with Crippen LogP contribution in [-0.4, -0.2) is 14.3 Å². The number of hydrogen-bond donors (Lipinski definition) is 0.